The van der Waals surface area contributed by atoms with Crippen molar-refractivity contribution in [3.63, 3.8) is 0 Å². The van der Waals surface area contributed by atoms with Crippen molar-refractivity contribution in [2.45, 2.75) is 38.1 Å². The molecule has 1 atom stereocenters. The molecule has 0 bridgehead atoms. The first-order valence-electron chi connectivity index (χ1n) is 10.3. The number of ether oxygens (including phenoxy) is 2. The maximum absolute atomic E-state index is 12.9. The zero-order valence-corrected chi connectivity index (χ0v) is 18.3. The van der Waals surface area contributed by atoms with E-state index in [9.17, 15) is 19.5 Å². The van der Waals surface area contributed by atoms with Crippen LogP contribution in [-0.2, 0) is 22.4 Å². The minimum Gasteiger partial charge on any atom is -0.507 e. The molecule has 6 N–H and O–H groups in total. The first-order chi connectivity index (χ1) is 15.8. The van der Waals surface area contributed by atoms with Crippen LogP contribution in [0, 0.1) is 0 Å². The minimum atomic E-state index is -0.872. The second-order valence-electron chi connectivity index (χ2n) is 7.64. The molecule has 0 unspecified atom stereocenters. The third-order valence-corrected chi connectivity index (χ3v) is 6.38. The van der Waals surface area contributed by atoms with Gasteiger partial charge < -0.3 is 31.4 Å². The number of benzene rings is 1. The summed E-state index contributed by atoms with van der Waals surface area (Å²) in [6.07, 6.45) is 3.64. The average molecular weight is 471 g/mol. The van der Waals surface area contributed by atoms with Crippen LogP contribution >= 0.6 is 11.3 Å². The van der Waals surface area contributed by atoms with Crippen molar-refractivity contribution in [2.75, 3.05) is 0 Å². The van der Waals surface area contributed by atoms with Gasteiger partial charge in [-0.3, -0.25) is 9.59 Å². The molecule has 11 heteroatoms. The van der Waals surface area contributed by atoms with Gasteiger partial charge in [-0.25, -0.2) is 9.79 Å². The number of esters is 2. The van der Waals surface area contributed by atoms with Gasteiger partial charge in [0.25, 0.3) is 5.91 Å². The highest BCUT2D eigenvalue weighted by Gasteiger charge is 2.28. The maximum Gasteiger partial charge on any atom is 0.343 e. The predicted molar refractivity (Wildman–Crippen MR) is 121 cm³/mol. The number of rotatable bonds is 3. The molecule has 3 heterocycles. The Hall–Kier alpha value is -3.86. The van der Waals surface area contributed by atoms with Gasteiger partial charge in [-0.2, -0.15) is 0 Å². The standard InChI is InChI=1S/C22H22N4O6S/c23-22(24)25-12-5-6-13-11(7-12)3-1-2-4-17-16(32-21(13)30)9-18(33-17)20(29)26-14-8-19(28)31-10-15(14)27/h5-7,9-10,14,27H,1-4,8H2,(H,26,29)(H4,23,24,25)/t14-/m0/s1. The van der Waals surface area contributed by atoms with Crippen LogP contribution in [-0.4, -0.2) is 35.0 Å². The Labute approximate surface area is 192 Å². The number of guanidine groups is 1. The maximum atomic E-state index is 12.9. The third kappa shape index (κ3) is 5.14. The molecule has 33 heavy (non-hydrogen) atoms. The van der Waals surface area contributed by atoms with E-state index in [1.165, 1.54) is 17.4 Å². The van der Waals surface area contributed by atoms with Crippen LogP contribution in [0.5, 0.6) is 5.75 Å². The Morgan fingerprint density at radius 3 is 2.76 bits per heavy atom. The van der Waals surface area contributed by atoms with E-state index < -0.39 is 23.9 Å². The molecular formula is C22H22N4O6S. The number of hydrogen-bond donors (Lipinski definition) is 4. The van der Waals surface area contributed by atoms with Gasteiger partial charge in [-0.05, 0) is 49.4 Å². The summed E-state index contributed by atoms with van der Waals surface area (Å²) < 4.78 is 10.3. The Kier molecular flexibility index (Phi) is 6.31. The van der Waals surface area contributed by atoms with Crippen molar-refractivity contribution < 1.29 is 29.0 Å². The van der Waals surface area contributed by atoms with Gasteiger partial charge >= 0.3 is 11.9 Å². The highest BCUT2D eigenvalue weighted by atomic mass is 32.1. The van der Waals surface area contributed by atoms with Gasteiger partial charge in [0.05, 0.1) is 22.5 Å². The molecule has 2 aliphatic rings. The summed E-state index contributed by atoms with van der Waals surface area (Å²) in [7, 11) is 0. The van der Waals surface area contributed by atoms with Crippen molar-refractivity contribution >= 4 is 40.8 Å². The number of hydrogen-bond acceptors (Lipinski definition) is 8. The molecule has 10 nitrogen and oxygen atoms in total. The number of aryl methyl sites for hydroxylation is 2. The number of carbonyl (C=O) groups is 3. The Morgan fingerprint density at radius 1 is 1.18 bits per heavy atom. The van der Waals surface area contributed by atoms with Crippen molar-refractivity contribution in [3.05, 3.63) is 57.2 Å². The lowest BCUT2D eigenvalue weighted by Crippen LogP contribution is -2.39. The van der Waals surface area contributed by atoms with Crippen molar-refractivity contribution in [3.8, 4) is 5.75 Å². The number of nitrogens with one attached hydrogen (secondary N) is 1. The Balaban J connectivity index is 1.56. The number of aliphatic hydroxyl groups is 1. The van der Waals surface area contributed by atoms with Crippen LogP contribution in [0.2, 0.25) is 0 Å². The summed E-state index contributed by atoms with van der Waals surface area (Å²) in [6, 6.07) is 5.65. The molecule has 2 aliphatic heterocycles. The van der Waals surface area contributed by atoms with Crippen LogP contribution in [0.3, 0.4) is 0 Å². The number of aliphatic hydroxyl groups excluding tert-OH is 1. The molecule has 2 aromatic rings. The summed E-state index contributed by atoms with van der Waals surface area (Å²) in [6.45, 7) is 0. The molecule has 1 aromatic carbocycles. The van der Waals surface area contributed by atoms with Crippen LogP contribution in [0.1, 0.15) is 49.7 Å². The summed E-state index contributed by atoms with van der Waals surface area (Å²) in [5.41, 5.74) is 12.6. The van der Waals surface area contributed by atoms with Crippen LogP contribution in [0.4, 0.5) is 5.69 Å². The quantitative estimate of drug-likeness (QED) is 0.301. The van der Waals surface area contributed by atoms with Gasteiger partial charge in [0.15, 0.2) is 11.7 Å². The van der Waals surface area contributed by atoms with E-state index in [1.54, 1.807) is 18.2 Å². The number of carbonyl (C=O) groups excluding carboxylic acids is 3. The topological polar surface area (TPSA) is 166 Å². The summed E-state index contributed by atoms with van der Waals surface area (Å²) >= 11 is 1.21. The molecule has 1 aromatic heterocycles. The molecule has 0 aliphatic carbocycles. The fraction of sp³-hybridized carbons (Fsp3) is 0.273. The third-order valence-electron chi connectivity index (χ3n) is 5.21. The van der Waals surface area contributed by atoms with Gasteiger partial charge in [-0.1, -0.05) is 0 Å². The SMILES string of the molecule is NC(N)=Nc1ccc2c(c1)CCCCc1sc(C(=O)N[C@H]3CC(=O)OC=C3O)cc1OC2=O. The molecule has 172 valence electrons. The highest BCUT2D eigenvalue weighted by molar-refractivity contribution is 7.14. The number of nitrogens with zero attached hydrogens (tertiary/aromatic N) is 1. The normalized spacial score (nSPS) is 18.1. The lowest BCUT2D eigenvalue weighted by molar-refractivity contribution is -0.140. The largest absolute Gasteiger partial charge is 0.507 e. The summed E-state index contributed by atoms with van der Waals surface area (Å²) in [5, 5.41) is 12.5. The first-order valence-corrected chi connectivity index (χ1v) is 11.1. The van der Waals surface area contributed by atoms with E-state index in [2.05, 4.69) is 15.0 Å². The number of nitrogens with two attached hydrogens (primary N) is 2. The smallest absolute Gasteiger partial charge is 0.343 e. The van der Waals surface area contributed by atoms with E-state index in [1.807, 2.05) is 0 Å². The predicted octanol–water partition coefficient (Wildman–Crippen LogP) is 2.20. The second kappa shape index (κ2) is 9.33. The zero-order valence-electron chi connectivity index (χ0n) is 17.5. The summed E-state index contributed by atoms with van der Waals surface area (Å²) in [5.74, 6) is -1.57. The number of aliphatic imine (C=N–C) groups is 1. The molecule has 1 amide bonds. The van der Waals surface area contributed by atoms with Gasteiger partial charge in [0.1, 0.15) is 18.1 Å². The molecule has 0 radical (unpaired) electrons. The van der Waals surface area contributed by atoms with E-state index in [-0.39, 0.29) is 18.1 Å². The van der Waals surface area contributed by atoms with E-state index in [0.29, 0.717) is 34.7 Å². The molecule has 4 rings (SSSR count). The number of cyclic esters (lactones) is 1. The highest BCUT2D eigenvalue weighted by Crippen LogP contribution is 2.34. The zero-order chi connectivity index (χ0) is 23.5. The average Bonchev–Trinajstić information content (AvgIpc) is 3.16. The van der Waals surface area contributed by atoms with Crippen LogP contribution in [0.15, 0.2) is 41.3 Å². The van der Waals surface area contributed by atoms with Gasteiger partial charge in [0, 0.05) is 10.9 Å². The van der Waals surface area contributed by atoms with Crippen molar-refractivity contribution in [1.29, 1.82) is 0 Å². The monoisotopic (exact) mass is 470 g/mol. The van der Waals surface area contributed by atoms with Crippen molar-refractivity contribution in [1.82, 2.24) is 5.32 Å². The van der Waals surface area contributed by atoms with Crippen LogP contribution < -0.4 is 21.5 Å². The minimum absolute atomic E-state index is 0.0694. The fourth-order valence-electron chi connectivity index (χ4n) is 3.63. The number of fused-ring (bicyclic) bond motifs is 2. The van der Waals surface area contributed by atoms with E-state index in [4.69, 9.17) is 16.2 Å². The molecule has 0 saturated carbocycles. The Morgan fingerprint density at radius 2 is 1.97 bits per heavy atom. The molecule has 0 saturated heterocycles. The second-order valence-corrected chi connectivity index (χ2v) is 8.77. The fourth-order valence-corrected chi connectivity index (χ4v) is 4.66. The lowest BCUT2D eigenvalue weighted by atomic mass is 9.99. The Bertz CT molecular complexity index is 1180. The first kappa shape index (κ1) is 22.3. The molecular weight excluding hydrogens is 448 g/mol. The molecule has 0 fully saturated rings. The van der Waals surface area contributed by atoms with E-state index >= 15 is 0 Å². The van der Waals surface area contributed by atoms with Crippen molar-refractivity contribution in [2.24, 2.45) is 16.5 Å². The van der Waals surface area contributed by atoms with Crippen LogP contribution in [0.25, 0.3) is 0 Å². The van der Waals surface area contributed by atoms with Gasteiger partial charge in [-0.15, -0.1) is 11.3 Å². The van der Waals surface area contributed by atoms with Gasteiger partial charge in [0.2, 0.25) is 0 Å². The summed E-state index contributed by atoms with van der Waals surface area (Å²) in [4.78, 5) is 42.2. The lowest BCUT2D eigenvalue weighted by Gasteiger charge is -2.19. The molecule has 0 spiro atoms. The number of amides is 1. The van der Waals surface area contributed by atoms with E-state index in [0.717, 1.165) is 29.5 Å². The number of thiophene rings is 1.